The number of amides is 1. The highest BCUT2D eigenvalue weighted by Crippen LogP contribution is 2.65. The summed E-state index contributed by atoms with van der Waals surface area (Å²) >= 11 is 31.3. The second kappa shape index (κ2) is 10.3. The number of hydrogen-bond acceptors (Lipinski definition) is 4. The fourth-order valence-electron chi connectivity index (χ4n) is 4.03. The van der Waals surface area contributed by atoms with E-state index in [0.29, 0.717) is 32.4 Å². The lowest BCUT2D eigenvalue weighted by molar-refractivity contribution is -0.117. The predicted octanol–water partition coefficient (Wildman–Crippen LogP) is 7.34. The lowest BCUT2D eigenvalue weighted by atomic mass is 9.97. The molecule has 1 amide bonds. The van der Waals surface area contributed by atoms with Crippen molar-refractivity contribution < 1.29 is 9.59 Å². The third-order valence-electron chi connectivity index (χ3n) is 5.82. The first-order chi connectivity index (χ1) is 17.0. The van der Waals surface area contributed by atoms with Crippen LogP contribution in [0.1, 0.15) is 38.5 Å². The van der Waals surface area contributed by atoms with Crippen molar-refractivity contribution in [3.8, 4) is 12.1 Å². The molecule has 4 rings (SSSR count). The minimum absolute atomic E-state index is 0.113. The van der Waals surface area contributed by atoms with E-state index < -0.39 is 22.1 Å². The first-order valence-electron chi connectivity index (χ1n) is 10.5. The van der Waals surface area contributed by atoms with Gasteiger partial charge >= 0.3 is 0 Å². The van der Waals surface area contributed by atoms with E-state index in [1.54, 1.807) is 30.3 Å². The van der Waals surface area contributed by atoms with Crippen molar-refractivity contribution in [2.24, 2.45) is 5.92 Å². The summed E-state index contributed by atoms with van der Waals surface area (Å²) in [5.74, 6) is -2.10. The number of alkyl halides is 2. The molecule has 1 aliphatic carbocycles. The molecule has 3 aromatic rings. The molecule has 0 bridgehead atoms. The Bertz CT molecular complexity index is 1470. The average Bonchev–Trinajstić information content (AvgIpc) is 3.41. The van der Waals surface area contributed by atoms with Crippen molar-refractivity contribution >= 4 is 75.4 Å². The molecule has 1 fully saturated rings. The highest BCUT2D eigenvalue weighted by Gasteiger charge is 2.67. The Kier molecular flexibility index (Phi) is 7.53. The number of rotatable bonds is 6. The lowest BCUT2D eigenvalue weighted by Gasteiger charge is -2.10. The molecule has 0 aromatic heterocycles. The van der Waals surface area contributed by atoms with Gasteiger partial charge in [-0.15, -0.1) is 23.2 Å². The summed E-state index contributed by atoms with van der Waals surface area (Å²) in [4.78, 5) is 26.0. The molecule has 36 heavy (non-hydrogen) atoms. The molecule has 0 spiro atoms. The Labute approximate surface area is 232 Å². The zero-order valence-electron chi connectivity index (χ0n) is 18.2. The average molecular weight is 578 g/mol. The van der Waals surface area contributed by atoms with E-state index in [0.717, 1.165) is 0 Å². The number of hydrogen-bond donors (Lipinski definition) is 1. The Morgan fingerprint density at radius 3 is 2.25 bits per heavy atom. The van der Waals surface area contributed by atoms with E-state index in [2.05, 4.69) is 5.32 Å². The summed E-state index contributed by atoms with van der Waals surface area (Å²) in [6, 6.07) is 17.8. The zero-order valence-corrected chi connectivity index (χ0v) is 21.9. The van der Waals surface area contributed by atoms with Crippen LogP contribution in [0.15, 0.2) is 54.6 Å². The molecular formula is C26H14Cl5N3O2. The fraction of sp³-hybridized carbons (Fsp3) is 0.154. The van der Waals surface area contributed by atoms with Crippen molar-refractivity contribution in [2.75, 3.05) is 5.32 Å². The number of halogens is 5. The van der Waals surface area contributed by atoms with Crippen molar-refractivity contribution in [1.29, 1.82) is 10.5 Å². The van der Waals surface area contributed by atoms with Gasteiger partial charge in [0.05, 0.1) is 34.2 Å². The van der Waals surface area contributed by atoms with Gasteiger partial charge in [0.15, 0.2) is 5.78 Å². The van der Waals surface area contributed by atoms with Crippen LogP contribution in [-0.4, -0.2) is 16.0 Å². The Morgan fingerprint density at radius 2 is 1.61 bits per heavy atom. The van der Waals surface area contributed by atoms with Gasteiger partial charge in [0, 0.05) is 33.6 Å². The van der Waals surface area contributed by atoms with Crippen molar-refractivity contribution in [2.45, 2.75) is 16.7 Å². The SMILES string of the molecule is N#Cc1ccc(CC(=O)c2cc(NC(=O)C3C(c4cc(Cl)cc(Cl)c4)C3(Cl)Cl)ccc2Cl)c(C#N)c1. The van der Waals surface area contributed by atoms with Crippen LogP contribution >= 0.6 is 58.0 Å². The molecule has 1 aliphatic rings. The molecule has 180 valence electrons. The van der Waals surface area contributed by atoms with Crippen LogP contribution in [0, 0.1) is 28.6 Å². The van der Waals surface area contributed by atoms with Crippen LogP contribution in [0.2, 0.25) is 15.1 Å². The first kappa shape index (κ1) is 26.3. The number of anilines is 1. The highest BCUT2D eigenvalue weighted by molar-refractivity contribution is 6.53. The minimum atomic E-state index is -1.35. The van der Waals surface area contributed by atoms with Gasteiger partial charge in [-0.25, -0.2) is 0 Å². The molecule has 2 atom stereocenters. The van der Waals surface area contributed by atoms with Gasteiger partial charge in [-0.1, -0.05) is 40.9 Å². The maximum atomic E-state index is 13.0. The van der Waals surface area contributed by atoms with Crippen LogP contribution in [-0.2, 0) is 11.2 Å². The lowest BCUT2D eigenvalue weighted by Crippen LogP contribution is -2.17. The fourth-order valence-corrected chi connectivity index (χ4v) is 5.63. The zero-order chi connectivity index (χ0) is 26.2. The molecule has 2 unspecified atom stereocenters. The maximum Gasteiger partial charge on any atom is 0.231 e. The van der Waals surface area contributed by atoms with E-state index in [-0.39, 0.29) is 28.4 Å². The van der Waals surface area contributed by atoms with Gasteiger partial charge in [0.25, 0.3) is 0 Å². The van der Waals surface area contributed by atoms with Crippen molar-refractivity contribution in [3.63, 3.8) is 0 Å². The number of nitriles is 2. The summed E-state index contributed by atoms with van der Waals surface area (Å²) in [6.45, 7) is 0. The van der Waals surface area contributed by atoms with E-state index >= 15 is 0 Å². The largest absolute Gasteiger partial charge is 0.326 e. The number of Topliss-reactive ketones (excluding diaryl/α,β-unsaturated/α-hetero) is 1. The van der Waals surface area contributed by atoms with Gasteiger partial charge in [-0.3, -0.25) is 9.59 Å². The third kappa shape index (κ3) is 5.32. The highest BCUT2D eigenvalue weighted by atomic mass is 35.5. The van der Waals surface area contributed by atoms with E-state index in [1.807, 2.05) is 12.1 Å². The molecule has 5 nitrogen and oxygen atoms in total. The van der Waals surface area contributed by atoms with Gasteiger partial charge < -0.3 is 5.32 Å². The normalized spacial score (nSPS) is 17.5. The van der Waals surface area contributed by atoms with E-state index in [4.69, 9.17) is 63.3 Å². The molecule has 1 N–H and O–H groups in total. The van der Waals surface area contributed by atoms with Crippen LogP contribution < -0.4 is 5.32 Å². The van der Waals surface area contributed by atoms with Gasteiger partial charge in [-0.2, -0.15) is 10.5 Å². The molecular weight excluding hydrogens is 564 g/mol. The smallest absolute Gasteiger partial charge is 0.231 e. The van der Waals surface area contributed by atoms with Crippen LogP contribution in [0.5, 0.6) is 0 Å². The molecule has 3 aromatic carbocycles. The number of benzene rings is 3. The Balaban J connectivity index is 1.53. The maximum absolute atomic E-state index is 13.0. The van der Waals surface area contributed by atoms with Crippen LogP contribution in [0.4, 0.5) is 5.69 Å². The van der Waals surface area contributed by atoms with Crippen molar-refractivity contribution in [3.05, 3.63) is 97.5 Å². The number of nitrogens with one attached hydrogen (secondary N) is 1. The van der Waals surface area contributed by atoms with E-state index in [9.17, 15) is 14.9 Å². The molecule has 0 aliphatic heterocycles. The number of carbonyl (C=O) groups excluding carboxylic acids is 2. The molecule has 1 saturated carbocycles. The Hall–Kier alpha value is -2.77. The Morgan fingerprint density at radius 1 is 0.917 bits per heavy atom. The topological polar surface area (TPSA) is 93.8 Å². The predicted molar refractivity (Wildman–Crippen MR) is 141 cm³/mol. The number of nitrogens with zero attached hydrogens (tertiary/aromatic N) is 2. The standard InChI is InChI=1S/C26H14Cl5N3O2/c27-17-6-15(7-18(28)9-17)23-24(26(23,30)31)25(36)34-19-3-4-21(29)20(10-19)22(35)8-14-2-1-13(11-32)5-16(14)12-33/h1-7,9-10,23-24H,8H2,(H,34,36). The van der Waals surface area contributed by atoms with Crippen molar-refractivity contribution in [1.82, 2.24) is 0 Å². The van der Waals surface area contributed by atoms with Crippen LogP contribution in [0.3, 0.4) is 0 Å². The van der Waals surface area contributed by atoms with Gasteiger partial charge in [0.2, 0.25) is 5.91 Å². The third-order valence-corrected chi connectivity index (χ3v) is 7.53. The molecule has 10 heteroatoms. The summed E-state index contributed by atoms with van der Waals surface area (Å²) in [7, 11) is 0. The minimum Gasteiger partial charge on any atom is -0.326 e. The summed E-state index contributed by atoms with van der Waals surface area (Å²) in [5.41, 5.74) is 2.14. The van der Waals surface area contributed by atoms with Gasteiger partial charge in [0.1, 0.15) is 4.33 Å². The molecule has 0 radical (unpaired) electrons. The molecule has 0 saturated heterocycles. The quantitative estimate of drug-likeness (QED) is 0.245. The molecule has 0 heterocycles. The van der Waals surface area contributed by atoms with Gasteiger partial charge in [-0.05, 0) is 59.7 Å². The van der Waals surface area contributed by atoms with E-state index in [1.165, 1.54) is 24.3 Å². The monoisotopic (exact) mass is 575 g/mol. The van der Waals surface area contributed by atoms with Crippen LogP contribution in [0.25, 0.3) is 0 Å². The number of ketones is 1. The summed E-state index contributed by atoms with van der Waals surface area (Å²) in [5, 5.41) is 22.1. The second-order valence-corrected chi connectivity index (χ2v) is 10.9. The summed E-state index contributed by atoms with van der Waals surface area (Å²) < 4.78 is -1.35. The first-order valence-corrected chi connectivity index (χ1v) is 12.3. The number of carbonyl (C=O) groups is 2. The second-order valence-electron chi connectivity index (χ2n) is 8.21. The summed E-state index contributed by atoms with van der Waals surface area (Å²) in [6.07, 6.45) is -0.113.